The Kier molecular flexibility index (Phi) is 5.42. The van der Waals surface area contributed by atoms with Crippen LogP contribution >= 0.6 is 0 Å². The van der Waals surface area contributed by atoms with Crippen molar-refractivity contribution in [2.75, 3.05) is 13.2 Å². The van der Waals surface area contributed by atoms with Gasteiger partial charge in [0.05, 0.1) is 6.26 Å². The Morgan fingerprint density at radius 1 is 0.903 bits per heavy atom. The average molecular weight is 424 g/mol. The number of aliphatic hydroxyl groups is 1. The highest BCUT2D eigenvalue weighted by Gasteiger charge is 2.16. The topological polar surface area (TPSA) is 136 Å². The fourth-order valence-electron chi connectivity index (χ4n) is 3.05. The fourth-order valence-corrected chi connectivity index (χ4v) is 3.05. The number of carboxylic acid groups (broad SMARTS) is 1. The molecule has 0 fully saturated rings. The minimum atomic E-state index is -1.36. The van der Waals surface area contributed by atoms with Gasteiger partial charge in [-0.15, -0.1) is 0 Å². The van der Waals surface area contributed by atoms with Crippen molar-refractivity contribution in [3.63, 3.8) is 0 Å². The smallest absolute Gasteiger partial charge is 0.371 e. The molecule has 4 rings (SSSR count). The largest absolute Gasteiger partial charge is 0.490 e. The predicted octanol–water partition coefficient (Wildman–Crippen LogP) is 2.42. The van der Waals surface area contributed by atoms with E-state index >= 15 is 0 Å². The first-order valence-corrected chi connectivity index (χ1v) is 9.18. The molecule has 2 heterocycles. The first-order chi connectivity index (χ1) is 14.9. The zero-order chi connectivity index (χ0) is 22.0. The van der Waals surface area contributed by atoms with E-state index < -0.39 is 23.3 Å². The lowest BCUT2D eigenvalue weighted by atomic mass is 10.2. The van der Waals surface area contributed by atoms with Crippen LogP contribution in [0.25, 0.3) is 21.9 Å². The summed E-state index contributed by atoms with van der Waals surface area (Å²) < 4.78 is 21.6. The fraction of sp³-hybridized carbons (Fsp3) is 0.136. The molecule has 0 aliphatic heterocycles. The van der Waals surface area contributed by atoms with E-state index in [4.69, 9.17) is 23.4 Å². The molecule has 31 heavy (non-hydrogen) atoms. The van der Waals surface area contributed by atoms with Crippen LogP contribution in [-0.2, 0) is 0 Å². The highest BCUT2D eigenvalue weighted by Crippen LogP contribution is 2.24. The maximum atomic E-state index is 12.3. The van der Waals surface area contributed by atoms with Crippen LogP contribution in [-0.4, -0.2) is 35.5 Å². The monoisotopic (exact) mass is 424 g/mol. The normalized spacial score (nSPS) is 12.0. The number of benzene rings is 2. The van der Waals surface area contributed by atoms with E-state index in [1.807, 2.05) is 0 Å². The van der Waals surface area contributed by atoms with Crippen molar-refractivity contribution in [1.82, 2.24) is 0 Å². The van der Waals surface area contributed by atoms with Gasteiger partial charge >= 0.3 is 5.97 Å². The Hall–Kier alpha value is -4.11. The summed E-state index contributed by atoms with van der Waals surface area (Å²) in [4.78, 5) is 35.4. The summed E-state index contributed by atoms with van der Waals surface area (Å²) in [5, 5.41) is 19.6. The summed E-state index contributed by atoms with van der Waals surface area (Å²) in [5.41, 5.74) is -0.442. The summed E-state index contributed by atoms with van der Waals surface area (Å²) in [7, 11) is 0. The minimum Gasteiger partial charge on any atom is -0.490 e. The number of aliphatic hydroxyl groups excluding tert-OH is 1. The highest BCUT2D eigenvalue weighted by molar-refractivity contribution is 5.89. The summed E-state index contributed by atoms with van der Waals surface area (Å²) in [6.07, 6.45) is 0.198. The van der Waals surface area contributed by atoms with E-state index in [1.54, 1.807) is 18.2 Å². The molecule has 0 radical (unpaired) electrons. The minimum absolute atomic E-state index is 0.0515. The maximum absolute atomic E-state index is 12.3. The summed E-state index contributed by atoms with van der Waals surface area (Å²) in [6.45, 7) is -0.408. The van der Waals surface area contributed by atoms with Crippen LogP contribution in [0.2, 0.25) is 0 Å². The van der Waals surface area contributed by atoms with Crippen molar-refractivity contribution >= 4 is 27.9 Å². The number of hydrogen-bond acceptors (Lipinski definition) is 8. The van der Waals surface area contributed by atoms with Crippen molar-refractivity contribution in [2.24, 2.45) is 0 Å². The van der Waals surface area contributed by atoms with Gasteiger partial charge in [0.25, 0.3) is 0 Å². The van der Waals surface area contributed by atoms with E-state index in [0.717, 1.165) is 6.07 Å². The van der Waals surface area contributed by atoms with E-state index in [2.05, 4.69) is 0 Å². The van der Waals surface area contributed by atoms with Crippen LogP contribution in [0.4, 0.5) is 0 Å². The van der Waals surface area contributed by atoms with Gasteiger partial charge in [-0.2, -0.15) is 0 Å². The molecule has 2 N–H and O–H groups in total. The van der Waals surface area contributed by atoms with Crippen molar-refractivity contribution in [2.45, 2.75) is 6.10 Å². The third-order valence-electron chi connectivity index (χ3n) is 4.44. The molecule has 0 amide bonds. The van der Waals surface area contributed by atoms with Crippen molar-refractivity contribution < 1.29 is 33.3 Å². The molecule has 0 aliphatic carbocycles. The Morgan fingerprint density at radius 2 is 1.52 bits per heavy atom. The molecule has 1 unspecified atom stereocenters. The van der Waals surface area contributed by atoms with Crippen LogP contribution in [0.15, 0.2) is 73.2 Å². The molecule has 9 nitrogen and oxygen atoms in total. The number of carbonyl (C=O) groups is 1. The molecule has 0 saturated carbocycles. The zero-order valence-corrected chi connectivity index (χ0v) is 15.9. The van der Waals surface area contributed by atoms with Gasteiger partial charge < -0.3 is 28.5 Å². The van der Waals surface area contributed by atoms with Gasteiger partial charge in [0.1, 0.15) is 52.8 Å². The molecular formula is C22H16O9. The number of carboxylic acids is 1. The molecule has 0 saturated heterocycles. The molecular weight excluding hydrogens is 408 g/mol. The quantitative estimate of drug-likeness (QED) is 0.458. The molecule has 9 heteroatoms. The van der Waals surface area contributed by atoms with Crippen molar-refractivity contribution in [3.8, 4) is 11.5 Å². The molecule has 2 aromatic heterocycles. The Labute approximate surface area is 173 Å². The maximum Gasteiger partial charge on any atom is 0.371 e. The van der Waals surface area contributed by atoms with Gasteiger partial charge in [-0.05, 0) is 24.3 Å². The Morgan fingerprint density at radius 3 is 2.16 bits per heavy atom. The number of ether oxygens (including phenoxy) is 2. The van der Waals surface area contributed by atoms with Crippen LogP contribution in [0.1, 0.15) is 10.6 Å². The highest BCUT2D eigenvalue weighted by atomic mass is 16.5. The van der Waals surface area contributed by atoms with Crippen molar-refractivity contribution in [3.05, 3.63) is 81.0 Å². The zero-order valence-electron chi connectivity index (χ0n) is 15.9. The van der Waals surface area contributed by atoms with E-state index in [-0.39, 0.29) is 46.5 Å². The van der Waals surface area contributed by atoms with E-state index in [9.17, 15) is 19.5 Å². The molecule has 158 valence electrons. The number of rotatable bonds is 7. The standard InChI is InChI=1S/C22H16O9/c23-12(10-29-16-4-1-3-15-20(16)13(24)7-8-28-15)11-30-17-5-2-6-18-21(17)14(25)9-19(31-18)22(26)27/h1-9,12,23H,10-11H2,(H,26,27). The molecule has 0 aliphatic rings. The first kappa shape index (κ1) is 20.2. The predicted molar refractivity (Wildman–Crippen MR) is 109 cm³/mol. The summed E-state index contributed by atoms with van der Waals surface area (Å²) >= 11 is 0. The van der Waals surface area contributed by atoms with Gasteiger partial charge in [-0.3, -0.25) is 9.59 Å². The number of aromatic carboxylic acids is 1. The average Bonchev–Trinajstić information content (AvgIpc) is 2.76. The van der Waals surface area contributed by atoms with Gasteiger partial charge in [-0.25, -0.2) is 4.79 Å². The Balaban J connectivity index is 1.48. The van der Waals surface area contributed by atoms with Crippen LogP contribution in [0, 0.1) is 0 Å². The SMILES string of the molecule is O=C(O)c1cc(=O)c2c(OCC(O)COc3cccc4occc(=O)c34)cccc2o1. The number of hydrogen-bond donors (Lipinski definition) is 2. The third kappa shape index (κ3) is 4.12. The van der Waals surface area contributed by atoms with Crippen molar-refractivity contribution in [1.29, 1.82) is 0 Å². The molecule has 4 aromatic rings. The van der Waals surface area contributed by atoms with Crippen LogP contribution < -0.4 is 20.3 Å². The van der Waals surface area contributed by atoms with Gasteiger partial charge in [-0.1, -0.05) is 12.1 Å². The van der Waals surface area contributed by atoms with E-state index in [0.29, 0.717) is 5.58 Å². The molecule has 1 atom stereocenters. The second-order valence-electron chi connectivity index (χ2n) is 6.60. The van der Waals surface area contributed by atoms with Gasteiger partial charge in [0.15, 0.2) is 10.9 Å². The second-order valence-corrected chi connectivity index (χ2v) is 6.60. The van der Waals surface area contributed by atoms with E-state index in [1.165, 1.54) is 30.5 Å². The molecule has 0 bridgehead atoms. The van der Waals surface area contributed by atoms with Gasteiger partial charge in [0, 0.05) is 12.1 Å². The third-order valence-corrected chi connectivity index (χ3v) is 4.44. The number of fused-ring (bicyclic) bond motifs is 2. The Bertz CT molecular complexity index is 1380. The lowest BCUT2D eigenvalue weighted by Gasteiger charge is -2.15. The lowest BCUT2D eigenvalue weighted by Crippen LogP contribution is -2.25. The van der Waals surface area contributed by atoms with Crippen LogP contribution in [0.3, 0.4) is 0 Å². The second kappa shape index (κ2) is 8.33. The van der Waals surface area contributed by atoms with Gasteiger partial charge in [0.2, 0.25) is 5.76 Å². The van der Waals surface area contributed by atoms with Crippen LogP contribution in [0.5, 0.6) is 11.5 Å². The molecule has 0 spiro atoms. The molecule has 2 aromatic carbocycles. The first-order valence-electron chi connectivity index (χ1n) is 9.18. The summed E-state index contributed by atoms with van der Waals surface area (Å²) in [6, 6.07) is 11.5. The lowest BCUT2D eigenvalue weighted by molar-refractivity contribution is 0.0636. The summed E-state index contributed by atoms with van der Waals surface area (Å²) in [5.74, 6) is -1.45.